The SMILES string of the molecule is Cc1ccc(C)c(C(=O)CN(CCN(C)C)CC(C)C)c1. The van der Waals surface area contributed by atoms with Gasteiger partial charge in [-0.05, 0) is 45.5 Å². The minimum atomic E-state index is 0.232. The van der Waals surface area contributed by atoms with Crippen LogP contribution in [0.1, 0.15) is 35.3 Å². The summed E-state index contributed by atoms with van der Waals surface area (Å²) in [5.41, 5.74) is 3.09. The Bertz CT molecular complexity index is 466. The van der Waals surface area contributed by atoms with Crippen molar-refractivity contribution in [3.8, 4) is 0 Å². The lowest BCUT2D eigenvalue weighted by molar-refractivity contribution is 0.0915. The molecule has 21 heavy (non-hydrogen) atoms. The van der Waals surface area contributed by atoms with Crippen molar-refractivity contribution >= 4 is 5.78 Å². The maximum absolute atomic E-state index is 12.6. The maximum Gasteiger partial charge on any atom is 0.177 e. The number of ketones is 1. The Morgan fingerprint density at radius 2 is 1.81 bits per heavy atom. The third-order valence-electron chi connectivity index (χ3n) is 3.55. The predicted octanol–water partition coefficient (Wildman–Crippen LogP) is 3.01. The van der Waals surface area contributed by atoms with Crippen molar-refractivity contribution < 1.29 is 4.79 Å². The molecule has 118 valence electrons. The molecule has 0 spiro atoms. The molecule has 1 rings (SSSR count). The summed E-state index contributed by atoms with van der Waals surface area (Å²) >= 11 is 0. The quantitative estimate of drug-likeness (QED) is 0.688. The van der Waals surface area contributed by atoms with Crippen LogP contribution in [0.2, 0.25) is 0 Å². The highest BCUT2D eigenvalue weighted by Crippen LogP contribution is 2.12. The molecular formula is C18H30N2O. The average molecular weight is 290 g/mol. The Morgan fingerprint density at radius 1 is 1.14 bits per heavy atom. The van der Waals surface area contributed by atoms with E-state index >= 15 is 0 Å². The zero-order valence-corrected chi connectivity index (χ0v) is 14.4. The van der Waals surface area contributed by atoms with Crippen molar-refractivity contribution in [2.24, 2.45) is 5.92 Å². The summed E-state index contributed by atoms with van der Waals surface area (Å²) < 4.78 is 0. The van der Waals surface area contributed by atoms with E-state index in [-0.39, 0.29) is 5.78 Å². The first-order valence-corrected chi connectivity index (χ1v) is 7.77. The number of Topliss-reactive ketones (excluding diaryl/α,β-unsaturated/α-hetero) is 1. The van der Waals surface area contributed by atoms with Gasteiger partial charge in [0, 0.05) is 25.2 Å². The van der Waals surface area contributed by atoms with Crippen LogP contribution < -0.4 is 0 Å². The maximum atomic E-state index is 12.6. The molecule has 3 heteroatoms. The molecule has 1 aromatic carbocycles. The third kappa shape index (κ3) is 6.40. The summed E-state index contributed by atoms with van der Waals surface area (Å²) in [5, 5.41) is 0. The molecule has 0 aliphatic carbocycles. The predicted molar refractivity (Wildman–Crippen MR) is 90.1 cm³/mol. The van der Waals surface area contributed by atoms with Crippen LogP contribution in [0.25, 0.3) is 0 Å². The highest BCUT2D eigenvalue weighted by molar-refractivity contribution is 5.99. The Hall–Kier alpha value is -1.19. The second-order valence-corrected chi connectivity index (χ2v) is 6.67. The van der Waals surface area contributed by atoms with E-state index in [1.807, 2.05) is 26.0 Å². The summed E-state index contributed by atoms with van der Waals surface area (Å²) in [5.74, 6) is 0.800. The van der Waals surface area contributed by atoms with Crippen LogP contribution in [-0.4, -0.2) is 55.9 Å². The van der Waals surface area contributed by atoms with Crippen molar-refractivity contribution in [1.82, 2.24) is 9.80 Å². The van der Waals surface area contributed by atoms with Gasteiger partial charge in [0.05, 0.1) is 6.54 Å². The molecule has 0 saturated heterocycles. The van der Waals surface area contributed by atoms with Crippen LogP contribution >= 0.6 is 0 Å². The smallest absolute Gasteiger partial charge is 0.177 e. The highest BCUT2D eigenvalue weighted by atomic mass is 16.1. The molecule has 0 N–H and O–H groups in total. The van der Waals surface area contributed by atoms with Crippen molar-refractivity contribution in [2.75, 3.05) is 40.3 Å². The molecule has 0 atom stereocenters. The number of rotatable bonds is 8. The van der Waals surface area contributed by atoms with E-state index < -0.39 is 0 Å². The number of carbonyl (C=O) groups is 1. The Balaban J connectivity index is 2.76. The average Bonchev–Trinajstić information content (AvgIpc) is 2.38. The summed E-state index contributed by atoms with van der Waals surface area (Å²) in [6, 6.07) is 6.11. The second kappa shape index (κ2) is 8.30. The lowest BCUT2D eigenvalue weighted by atomic mass is 10.0. The molecule has 3 nitrogen and oxygen atoms in total. The van der Waals surface area contributed by atoms with E-state index in [2.05, 4.69) is 43.8 Å². The second-order valence-electron chi connectivity index (χ2n) is 6.67. The summed E-state index contributed by atoms with van der Waals surface area (Å²) in [6.45, 7) is 11.8. The van der Waals surface area contributed by atoms with Crippen LogP contribution in [0.5, 0.6) is 0 Å². The summed E-state index contributed by atoms with van der Waals surface area (Å²) in [7, 11) is 4.14. The molecule has 0 amide bonds. The minimum absolute atomic E-state index is 0.232. The topological polar surface area (TPSA) is 23.6 Å². The Morgan fingerprint density at radius 3 is 2.38 bits per heavy atom. The molecule has 0 aliphatic rings. The monoisotopic (exact) mass is 290 g/mol. The van der Waals surface area contributed by atoms with Gasteiger partial charge in [0.15, 0.2) is 5.78 Å². The van der Waals surface area contributed by atoms with Gasteiger partial charge < -0.3 is 4.90 Å². The van der Waals surface area contributed by atoms with Gasteiger partial charge in [-0.2, -0.15) is 0 Å². The first-order valence-electron chi connectivity index (χ1n) is 7.77. The van der Waals surface area contributed by atoms with Crippen molar-refractivity contribution in [1.29, 1.82) is 0 Å². The number of aryl methyl sites for hydroxylation is 2. The lowest BCUT2D eigenvalue weighted by Crippen LogP contribution is -2.38. The fourth-order valence-corrected chi connectivity index (χ4v) is 2.42. The summed E-state index contributed by atoms with van der Waals surface area (Å²) in [4.78, 5) is 17.0. The van der Waals surface area contributed by atoms with E-state index in [1.54, 1.807) is 0 Å². The molecule has 0 aliphatic heterocycles. The van der Waals surface area contributed by atoms with Gasteiger partial charge in [-0.3, -0.25) is 9.69 Å². The van der Waals surface area contributed by atoms with Gasteiger partial charge in [0.1, 0.15) is 0 Å². The number of hydrogen-bond donors (Lipinski definition) is 0. The summed E-state index contributed by atoms with van der Waals surface area (Å²) in [6.07, 6.45) is 0. The van der Waals surface area contributed by atoms with E-state index in [0.29, 0.717) is 12.5 Å². The van der Waals surface area contributed by atoms with Gasteiger partial charge in [-0.1, -0.05) is 31.5 Å². The first kappa shape index (κ1) is 17.9. The van der Waals surface area contributed by atoms with Crippen molar-refractivity contribution in [3.05, 3.63) is 34.9 Å². The fourth-order valence-electron chi connectivity index (χ4n) is 2.42. The Kier molecular flexibility index (Phi) is 7.06. The molecule has 0 heterocycles. The molecular weight excluding hydrogens is 260 g/mol. The van der Waals surface area contributed by atoms with E-state index in [9.17, 15) is 4.79 Å². The van der Waals surface area contributed by atoms with Crippen molar-refractivity contribution in [2.45, 2.75) is 27.7 Å². The number of nitrogens with zero attached hydrogens (tertiary/aromatic N) is 2. The van der Waals surface area contributed by atoms with Crippen LogP contribution in [0.4, 0.5) is 0 Å². The van der Waals surface area contributed by atoms with E-state index in [1.165, 1.54) is 0 Å². The minimum Gasteiger partial charge on any atom is -0.308 e. The molecule has 1 aromatic rings. The standard InChI is InChI=1S/C18H30N2O/c1-14(2)12-20(10-9-19(5)6)13-18(21)17-11-15(3)7-8-16(17)4/h7-8,11,14H,9-10,12-13H2,1-6H3. The van der Waals surface area contributed by atoms with E-state index in [0.717, 1.165) is 36.3 Å². The third-order valence-corrected chi connectivity index (χ3v) is 3.55. The lowest BCUT2D eigenvalue weighted by Gasteiger charge is -2.25. The van der Waals surface area contributed by atoms with Crippen LogP contribution in [-0.2, 0) is 0 Å². The fraction of sp³-hybridized carbons (Fsp3) is 0.611. The molecule has 0 radical (unpaired) electrons. The molecule has 0 unspecified atom stereocenters. The first-order chi connectivity index (χ1) is 9.79. The van der Waals surface area contributed by atoms with Gasteiger partial charge in [0.2, 0.25) is 0 Å². The molecule has 0 fully saturated rings. The highest BCUT2D eigenvalue weighted by Gasteiger charge is 2.15. The number of hydrogen-bond acceptors (Lipinski definition) is 3. The van der Waals surface area contributed by atoms with Gasteiger partial charge >= 0.3 is 0 Å². The number of benzene rings is 1. The van der Waals surface area contributed by atoms with E-state index in [4.69, 9.17) is 0 Å². The van der Waals surface area contributed by atoms with Crippen LogP contribution in [0.3, 0.4) is 0 Å². The molecule has 0 bridgehead atoms. The van der Waals surface area contributed by atoms with Gasteiger partial charge in [-0.15, -0.1) is 0 Å². The Labute approximate surface area is 129 Å². The van der Waals surface area contributed by atoms with Crippen molar-refractivity contribution in [3.63, 3.8) is 0 Å². The molecule has 0 saturated carbocycles. The number of carbonyl (C=O) groups excluding carboxylic acids is 1. The zero-order valence-electron chi connectivity index (χ0n) is 14.4. The normalized spacial score (nSPS) is 11.7. The largest absolute Gasteiger partial charge is 0.308 e. The number of likely N-dealkylation sites (N-methyl/N-ethyl adjacent to an activating group) is 1. The van der Waals surface area contributed by atoms with Gasteiger partial charge in [0.25, 0.3) is 0 Å². The van der Waals surface area contributed by atoms with Gasteiger partial charge in [-0.25, -0.2) is 0 Å². The van der Waals surface area contributed by atoms with Crippen LogP contribution in [0, 0.1) is 19.8 Å². The zero-order chi connectivity index (χ0) is 16.0. The molecule has 0 aromatic heterocycles. The van der Waals surface area contributed by atoms with Crippen LogP contribution in [0.15, 0.2) is 18.2 Å².